The smallest absolute Gasteiger partial charge is 0.293 e. The summed E-state index contributed by atoms with van der Waals surface area (Å²) in [5.41, 5.74) is 0.580. The van der Waals surface area contributed by atoms with Crippen LogP contribution in [0.15, 0.2) is 18.3 Å². The number of hydrogen-bond donors (Lipinski definition) is 1. The molecule has 0 bridgehead atoms. The Bertz CT molecular complexity index is 263. The Morgan fingerprint density at radius 1 is 1.67 bits per heavy atom. The number of carbonyl (C=O) groups is 1. The van der Waals surface area contributed by atoms with Crippen molar-refractivity contribution in [3.63, 3.8) is 0 Å². The lowest BCUT2D eigenvalue weighted by atomic mass is 10.4. The fourth-order valence-electron chi connectivity index (χ4n) is 1.21. The molecular weight excluding hydrogens is 156 g/mol. The molecule has 4 heteroatoms. The summed E-state index contributed by atoms with van der Waals surface area (Å²) in [6.45, 7) is 1.34. The van der Waals surface area contributed by atoms with Gasteiger partial charge < -0.3 is 4.98 Å². The van der Waals surface area contributed by atoms with Gasteiger partial charge in [-0.05, 0) is 18.6 Å². The number of hydrogen-bond acceptors (Lipinski definition) is 2. The summed E-state index contributed by atoms with van der Waals surface area (Å²) in [7, 11) is 0. The van der Waals surface area contributed by atoms with Crippen molar-refractivity contribution < 1.29 is 9.63 Å². The highest BCUT2D eigenvalue weighted by molar-refractivity contribution is 5.91. The van der Waals surface area contributed by atoms with E-state index in [4.69, 9.17) is 4.84 Å². The number of aromatic amines is 1. The van der Waals surface area contributed by atoms with Crippen LogP contribution >= 0.6 is 0 Å². The maximum atomic E-state index is 11.5. The fraction of sp³-hybridized carbons (Fsp3) is 0.375. The van der Waals surface area contributed by atoms with E-state index >= 15 is 0 Å². The molecule has 0 atom stereocenters. The Labute approximate surface area is 70.1 Å². The lowest BCUT2D eigenvalue weighted by molar-refractivity contribution is -0.0771. The number of H-pyrrole nitrogens is 1. The zero-order valence-corrected chi connectivity index (χ0v) is 6.62. The van der Waals surface area contributed by atoms with Gasteiger partial charge in [0.2, 0.25) is 0 Å². The minimum absolute atomic E-state index is 0.0856. The van der Waals surface area contributed by atoms with E-state index in [0.717, 1.165) is 6.42 Å². The average molecular weight is 166 g/mol. The number of carbonyl (C=O) groups excluding carboxylic acids is 1. The summed E-state index contributed by atoms with van der Waals surface area (Å²) in [4.78, 5) is 19.4. The Morgan fingerprint density at radius 3 is 3.17 bits per heavy atom. The maximum absolute atomic E-state index is 11.5. The molecule has 1 amide bonds. The van der Waals surface area contributed by atoms with Gasteiger partial charge in [-0.2, -0.15) is 0 Å². The van der Waals surface area contributed by atoms with Gasteiger partial charge in [0, 0.05) is 6.20 Å². The third-order valence-electron chi connectivity index (χ3n) is 1.81. The van der Waals surface area contributed by atoms with Crippen molar-refractivity contribution in [3.05, 3.63) is 24.0 Å². The first-order valence-electron chi connectivity index (χ1n) is 3.96. The van der Waals surface area contributed by atoms with E-state index in [1.165, 1.54) is 5.06 Å². The SMILES string of the molecule is O=C(c1ccc[nH]1)N1CCCO1. The van der Waals surface area contributed by atoms with Gasteiger partial charge in [0.15, 0.2) is 0 Å². The van der Waals surface area contributed by atoms with E-state index < -0.39 is 0 Å². The first-order valence-corrected chi connectivity index (χ1v) is 3.96. The first-order chi connectivity index (χ1) is 5.88. The third-order valence-corrected chi connectivity index (χ3v) is 1.81. The molecule has 12 heavy (non-hydrogen) atoms. The Hall–Kier alpha value is -1.29. The molecule has 0 spiro atoms. The Balaban J connectivity index is 2.09. The van der Waals surface area contributed by atoms with Crippen LogP contribution in [-0.2, 0) is 4.84 Å². The number of nitrogens with zero attached hydrogens (tertiary/aromatic N) is 1. The second kappa shape index (κ2) is 2.98. The molecule has 1 aromatic rings. The molecular formula is C8H10N2O2. The molecule has 1 saturated heterocycles. The second-order valence-corrected chi connectivity index (χ2v) is 2.68. The first kappa shape index (κ1) is 7.36. The monoisotopic (exact) mass is 166 g/mol. The summed E-state index contributed by atoms with van der Waals surface area (Å²) in [5.74, 6) is -0.0856. The predicted octanol–water partition coefficient (Wildman–Crippen LogP) is 0.792. The molecule has 0 aliphatic carbocycles. The van der Waals surface area contributed by atoms with E-state index in [9.17, 15) is 4.79 Å². The third kappa shape index (κ3) is 1.21. The van der Waals surface area contributed by atoms with E-state index in [0.29, 0.717) is 18.8 Å². The summed E-state index contributed by atoms with van der Waals surface area (Å²) in [5, 5.41) is 1.39. The fourth-order valence-corrected chi connectivity index (χ4v) is 1.21. The highest BCUT2D eigenvalue weighted by Gasteiger charge is 2.20. The molecule has 1 aromatic heterocycles. The van der Waals surface area contributed by atoms with Crippen molar-refractivity contribution in [1.82, 2.24) is 10.0 Å². The van der Waals surface area contributed by atoms with Gasteiger partial charge in [-0.25, -0.2) is 5.06 Å². The van der Waals surface area contributed by atoms with Crippen molar-refractivity contribution in [1.29, 1.82) is 0 Å². The largest absolute Gasteiger partial charge is 0.357 e. The summed E-state index contributed by atoms with van der Waals surface area (Å²) in [6.07, 6.45) is 2.65. The molecule has 1 aliphatic rings. The van der Waals surface area contributed by atoms with Gasteiger partial charge in [-0.1, -0.05) is 0 Å². The van der Waals surface area contributed by atoms with E-state index in [1.807, 2.05) is 0 Å². The molecule has 64 valence electrons. The maximum Gasteiger partial charge on any atom is 0.293 e. The van der Waals surface area contributed by atoms with Gasteiger partial charge in [0.05, 0.1) is 13.2 Å². The molecule has 0 unspecified atom stereocenters. The van der Waals surface area contributed by atoms with Crippen LogP contribution in [0.4, 0.5) is 0 Å². The van der Waals surface area contributed by atoms with Crippen LogP contribution in [0.1, 0.15) is 16.9 Å². The van der Waals surface area contributed by atoms with Crippen LogP contribution in [-0.4, -0.2) is 29.1 Å². The Morgan fingerprint density at radius 2 is 2.58 bits per heavy atom. The normalized spacial score (nSPS) is 16.8. The predicted molar refractivity (Wildman–Crippen MR) is 42.4 cm³/mol. The van der Waals surface area contributed by atoms with Gasteiger partial charge in [0.25, 0.3) is 5.91 Å². The molecule has 2 rings (SSSR count). The Kier molecular flexibility index (Phi) is 1.83. The molecule has 4 nitrogen and oxygen atoms in total. The van der Waals surface area contributed by atoms with Crippen molar-refractivity contribution in [2.75, 3.05) is 13.2 Å². The van der Waals surface area contributed by atoms with Crippen LogP contribution in [0.3, 0.4) is 0 Å². The number of hydroxylamine groups is 2. The second-order valence-electron chi connectivity index (χ2n) is 2.68. The standard InChI is InChI=1S/C8H10N2O2/c11-8(7-3-1-4-9-7)10-5-2-6-12-10/h1,3-4,9H,2,5-6H2. The van der Waals surface area contributed by atoms with Gasteiger partial charge in [0.1, 0.15) is 5.69 Å². The summed E-state index contributed by atoms with van der Waals surface area (Å²) < 4.78 is 0. The zero-order chi connectivity index (χ0) is 8.39. The van der Waals surface area contributed by atoms with Gasteiger partial charge in [-0.3, -0.25) is 9.63 Å². The zero-order valence-electron chi connectivity index (χ0n) is 6.62. The molecule has 2 heterocycles. The molecule has 0 saturated carbocycles. The van der Waals surface area contributed by atoms with Crippen molar-refractivity contribution in [2.45, 2.75) is 6.42 Å². The minimum Gasteiger partial charge on any atom is -0.357 e. The number of amides is 1. The topological polar surface area (TPSA) is 45.3 Å². The van der Waals surface area contributed by atoms with Crippen LogP contribution in [0.25, 0.3) is 0 Å². The van der Waals surface area contributed by atoms with E-state index in [-0.39, 0.29) is 5.91 Å². The number of aromatic nitrogens is 1. The molecule has 0 aromatic carbocycles. The van der Waals surface area contributed by atoms with Crippen LogP contribution in [0, 0.1) is 0 Å². The van der Waals surface area contributed by atoms with Crippen LogP contribution in [0.2, 0.25) is 0 Å². The minimum atomic E-state index is -0.0856. The average Bonchev–Trinajstić information content (AvgIpc) is 2.77. The van der Waals surface area contributed by atoms with Gasteiger partial charge >= 0.3 is 0 Å². The van der Waals surface area contributed by atoms with Gasteiger partial charge in [-0.15, -0.1) is 0 Å². The van der Waals surface area contributed by atoms with E-state index in [2.05, 4.69) is 4.98 Å². The number of rotatable bonds is 1. The molecule has 1 fully saturated rings. The highest BCUT2D eigenvalue weighted by atomic mass is 16.7. The summed E-state index contributed by atoms with van der Waals surface area (Å²) in [6, 6.07) is 3.54. The van der Waals surface area contributed by atoms with Crippen molar-refractivity contribution >= 4 is 5.91 Å². The highest BCUT2D eigenvalue weighted by Crippen LogP contribution is 2.08. The van der Waals surface area contributed by atoms with Crippen molar-refractivity contribution in [2.24, 2.45) is 0 Å². The molecule has 0 radical (unpaired) electrons. The van der Waals surface area contributed by atoms with E-state index in [1.54, 1.807) is 18.3 Å². The molecule has 1 aliphatic heterocycles. The quantitative estimate of drug-likeness (QED) is 0.670. The van der Waals surface area contributed by atoms with Crippen molar-refractivity contribution in [3.8, 4) is 0 Å². The van der Waals surface area contributed by atoms with Crippen LogP contribution in [0.5, 0.6) is 0 Å². The number of nitrogens with one attached hydrogen (secondary N) is 1. The summed E-state index contributed by atoms with van der Waals surface area (Å²) >= 11 is 0. The lowest BCUT2D eigenvalue weighted by Gasteiger charge is -2.11. The molecule has 1 N–H and O–H groups in total. The van der Waals surface area contributed by atoms with Crippen LogP contribution < -0.4 is 0 Å². The lowest BCUT2D eigenvalue weighted by Crippen LogP contribution is -2.26.